The average molecular weight is 361 g/mol. The fourth-order valence-corrected chi connectivity index (χ4v) is 3.37. The van der Waals surface area contributed by atoms with Crippen molar-refractivity contribution in [3.05, 3.63) is 24.5 Å². The van der Waals surface area contributed by atoms with Crippen LogP contribution in [0, 0.1) is 5.92 Å². The molecule has 1 aromatic rings. The molecule has 2 aliphatic heterocycles. The Morgan fingerprint density at radius 1 is 1.00 bits per heavy atom. The summed E-state index contributed by atoms with van der Waals surface area (Å²) in [6.07, 6.45) is 4.91. The van der Waals surface area contributed by atoms with Gasteiger partial charge in [-0.3, -0.25) is 19.4 Å². The van der Waals surface area contributed by atoms with E-state index in [1.807, 2.05) is 0 Å². The first-order valence-corrected chi connectivity index (χ1v) is 8.81. The van der Waals surface area contributed by atoms with Crippen molar-refractivity contribution < 1.29 is 23.9 Å². The molecule has 0 N–H and O–H groups in total. The molecule has 0 spiro atoms. The molecule has 140 valence electrons. The number of esters is 1. The van der Waals surface area contributed by atoms with Gasteiger partial charge in [0, 0.05) is 38.4 Å². The summed E-state index contributed by atoms with van der Waals surface area (Å²) in [7, 11) is 1.36. The second kappa shape index (κ2) is 8.16. The van der Waals surface area contributed by atoms with E-state index in [1.54, 1.807) is 29.4 Å². The zero-order chi connectivity index (χ0) is 18.5. The molecule has 2 fully saturated rings. The number of amides is 2. The van der Waals surface area contributed by atoms with Crippen LogP contribution in [0.2, 0.25) is 0 Å². The standard InChI is InChI=1S/C18H23N3O5/c1-25-18(24)13-4-9-20(10-5-13)16(22)17(23)21-11-6-15(12-21)26-14-2-7-19-8-3-14/h2-3,7-8,13,15H,4-6,9-12H2,1H3/t15-/m1/s1. The number of ether oxygens (including phenoxy) is 2. The first-order valence-electron chi connectivity index (χ1n) is 8.81. The molecule has 0 unspecified atom stereocenters. The van der Waals surface area contributed by atoms with Crippen molar-refractivity contribution in [2.75, 3.05) is 33.3 Å². The minimum atomic E-state index is -0.502. The second-order valence-corrected chi connectivity index (χ2v) is 6.55. The molecule has 0 radical (unpaired) electrons. The van der Waals surface area contributed by atoms with Gasteiger partial charge in [0.25, 0.3) is 0 Å². The zero-order valence-electron chi connectivity index (χ0n) is 14.8. The third-order valence-corrected chi connectivity index (χ3v) is 4.88. The Morgan fingerprint density at radius 3 is 2.27 bits per heavy atom. The van der Waals surface area contributed by atoms with Crippen molar-refractivity contribution >= 4 is 17.8 Å². The highest BCUT2D eigenvalue weighted by Crippen LogP contribution is 2.21. The van der Waals surface area contributed by atoms with Gasteiger partial charge in [-0.1, -0.05) is 0 Å². The fraction of sp³-hybridized carbons (Fsp3) is 0.556. The van der Waals surface area contributed by atoms with Gasteiger partial charge in [0.05, 0.1) is 19.6 Å². The fourth-order valence-electron chi connectivity index (χ4n) is 3.37. The molecule has 0 aromatic carbocycles. The summed E-state index contributed by atoms with van der Waals surface area (Å²) >= 11 is 0. The summed E-state index contributed by atoms with van der Waals surface area (Å²) in [6.45, 7) is 1.69. The third-order valence-electron chi connectivity index (χ3n) is 4.88. The molecule has 26 heavy (non-hydrogen) atoms. The van der Waals surface area contributed by atoms with Gasteiger partial charge in [0.1, 0.15) is 11.9 Å². The number of piperidine rings is 1. The molecular weight excluding hydrogens is 338 g/mol. The van der Waals surface area contributed by atoms with Crippen LogP contribution in [0.3, 0.4) is 0 Å². The van der Waals surface area contributed by atoms with E-state index in [-0.39, 0.29) is 18.0 Å². The molecule has 0 aliphatic carbocycles. The number of methoxy groups -OCH3 is 1. The normalized spacial score (nSPS) is 20.7. The van der Waals surface area contributed by atoms with E-state index < -0.39 is 11.8 Å². The maximum Gasteiger partial charge on any atom is 0.312 e. The molecule has 8 nitrogen and oxygen atoms in total. The zero-order valence-corrected chi connectivity index (χ0v) is 14.8. The predicted molar refractivity (Wildman–Crippen MR) is 91.2 cm³/mol. The highest BCUT2D eigenvalue weighted by Gasteiger charge is 2.35. The highest BCUT2D eigenvalue weighted by atomic mass is 16.5. The Kier molecular flexibility index (Phi) is 5.70. The summed E-state index contributed by atoms with van der Waals surface area (Å²) in [4.78, 5) is 43.5. The lowest BCUT2D eigenvalue weighted by atomic mass is 9.97. The Balaban J connectivity index is 1.49. The van der Waals surface area contributed by atoms with Gasteiger partial charge >= 0.3 is 17.8 Å². The van der Waals surface area contributed by atoms with Crippen LogP contribution in [-0.2, 0) is 19.1 Å². The molecule has 1 atom stereocenters. The van der Waals surface area contributed by atoms with Gasteiger partial charge in [-0.25, -0.2) is 0 Å². The van der Waals surface area contributed by atoms with Crippen molar-refractivity contribution in [1.29, 1.82) is 0 Å². The van der Waals surface area contributed by atoms with Crippen LogP contribution in [-0.4, -0.2) is 72.0 Å². The number of pyridine rings is 1. The first-order chi connectivity index (χ1) is 12.6. The van der Waals surface area contributed by atoms with Gasteiger partial charge in [0.2, 0.25) is 0 Å². The van der Waals surface area contributed by atoms with Gasteiger partial charge in [0.15, 0.2) is 0 Å². The lowest BCUT2D eigenvalue weighted by Gasteiger charge is -2.31. The molecule has 2 aliphatic rings. The van der Waals surface area contributed by atoms with Crippen molar-refractivity contribution in [2.24, 2.45) is 5.92 Å². The van der Waals surface area contributed by atoms with E-state index in [1.165, 1.54) is 12.0 Å². The summed E-state index contributed by atoms with van der Waals surface area (Å²) < 4.78 is 10.6. The second-order valence-electron chi connectivity index (χ2n) is 6.55. The number of nitrogens with zero attached hydrogens (tertiary/aromatic N) is 3. The predicted octanol–water partition coefficient (Wildman–Crippen LogP) is 0.473. The van der Waals surface area contributed by atoms with Crippen molar-refractivity contribution in [2.45, 2.75) is 25.4 Å². The van der Waals surface area contributed by atoms with Crippen LogP contribution in [0.4, 0.5) is 0 Å². The summed E-state index contributed by atoms with van der Waals surface area (Å²) in [5.74, 6) is -0.737. The average Bonchev–Trinajstić information content (AvgIpc) is 3.15. The SMILES string of the molecule is COC(=O)C1CCN(C(=O)C(=O)N2CC[C@@H](Oc3ccncc3)C2)CC1. The largest absolute Gasteiger partial charge is 0.488 e. The van der Waals surface area contributed by atoms with Gasteiger partial charge in [-0.05, 0) is 25.0 Å². The van der Waals surface area contributed by atoms with Gasteiger partial charge in [-0.15, -0.1) is 0 Å². The van der Waals surface area contributed by atoms with Crippen LogP contribution >= 0.6 is 0 Å². The summed E-state index contributed by atoms with van der Waals surface area (Å²) in [5.41, 5.74) is 0. The lowest BCUT2D eigenvalue weighted by molar-refractivity contribution is -0.154. The Bertz CT molecular complexity index is 658. The Labute approximate surface area is 152 Å². The van der Waals surface area contributed by atoms with Crippen LogP contribution in [0.5, 0.6) is 5.75 Å². The van der Waals surface area contributed by atoms with Crippen LogP contribution < -0.4 is 4.74 Å². The number of hydrogen-bond acceptors (Lipinski definition) is 6. The molecule has 8 heteroatoms. The number of carbonyl (C=O) groups is 3. The van der Waals surface area contributed by atoms with Crippen LogP contribution in [0.15, 0.2) is 24.5 Å². The van der Waals surface area contributed by atoms with E-state index >= 15 is 0 Å². The van der Waals surface area contributed by atoms with Gasteiger partial charge < -0.3 is 19.3 Å². The molecule has 0 saturated carbocycles. The highest BCUT2D eigenvalue weighted by molar-refractivity contribution is 6.35. The quantitative estimate of drug-likeness (QED) is 0.574. The van der Waals surface area contributed by atoms with Crippen molar-refractivity contribution in [3.8, 4) is 5.75 Å². The van der Waals surface area contributed by atoms with Crippen LogP contribution in [0.25, 0.3) is 0 Å². The smallest absolute Gasteiger partial charge is 0.312 e. The molecule has 3 rings (SSSR count). The summed E-state index contributed by atoms with van der Waals surface area (Å²) in [6, 6.07) is 3.53. The van der Waals surface area contributed by atoms with E-state index in [2.05, 4.69) is 4.98 Å². The molecule has 0 bridgehead atoms. The lowest BCUT2D eigenvalue weighted by Crippen LogP contribution is -2.48. The van der Waals surface area contributed by atoms with Gasteiger partial charge in [-0.2, -0.15) is 0 Å². The molecule has 2 amide bonds. The molecule has 1 aromatic heterocycles. The molecule has 2 saturated heterocycles. The van der Waals surface area contributed by atoms with E-state index in [4.69, 9.17) is 9.47 Å². The van der Waals surface area contributed by atoms with Crippen molar-refractivity contribution in [1.82, 2.24) is 14.8 Å². The first kappa shape index (κ1) is 18.2. The Morgan fingerprint density at radius 2 is 1.62 bits per heavy atom. The topological polar surface area (TPSA) is 89.0 Å². The summed E-state index contributed by atoms with van der Waals surface area (Å²) in [5, 5.41) is 0. The number of likely N-dealkylation sites (tertiary alicyclic amines) is 2. The number of hydrogen-bond donors (Lipinski definition) is 0. The minimum Gasteiger partial charge on any atom is -0.488 e. The third kappa shape index (κ3) is 4.12. The molecule has 3 heterocycles. The molecular formula is C18H23N3O5. The van der Waals surface area contributed by atoms with Crippen LogP contribution in [0.1, 0.15) is 19.3 Å². The number of carbonyl (C=O) groups excluding carboxylic acids is 3. The number of rotatable bonds is 3. The monoisotopic (exact) mass is 361 g/mol. The van der Waals surface area contributed by atoms with E-state index in [9.17, 15) is 14.4 Å². The maximum absolute atomic E-state index is 12.5. The van der Waals surface area contributed by atoms with Crippen molar-refractivity contribution in [3.63, 3.8) is 0 Å². The number of aromatic nitrogens is 1. The van der Waals surface area contributed by atoms with E-state index in [0.717, 1.165) is 0 Å². The maximum atomic E-state index is 12.5. The Hall–Kier alpha value is -2.64. The van der Waals surface area contributed by atoms with E-state index in [0.29, 0.717) is 51.2 Å². The minimum absolute atomic E-state index is 0.126.